The van der Waals surface area contributed by atoms with Gasteiger partial charge in [-0.25, -0.2) is 23.1 Å². The van der Waals surface area contributed by atoms with E-state index in [2.05, 4.69) is 13.8 Å². The quantitative estimate of drug-likeness (QED) is 0.320. The van der Waals surface area contributed by atoms with Crippen molar-refractivity contribution in [2.45, 2.75) is 26.4 Å². The fourth-order valence-corrected chi connectivity index (χ4v) is 5.14. The van der Waals surface area contributed by atoms with Crippen molar-refractivity contribution >= 4 is 17.7 Å². The summed E-state index contributed by atoms with van der Waals surface area (Å²) in [5, 5.41) is 0. The molecule has 0 saturated heterocycles. The van der Waals surface area contributed by atoms with E-state index in [1.807, 2.05) is 35.2 Å². The Kier molecular flexibility index (Phi) is 6.01. The van der Waals surface area contributed by atoms with Gasteiger partial charge in [-0.2, -0.15) is 0 Å². The number of fused-ring (bicyclic) bond motifs is 3. The molecule has 2 aliphatic rings. The molecule has 0 saturated carbocycles. The van der Waals surface area contributed by atoms with Crippen molar-refractivity contribution in [3.8, 4) is 22.5 Å². The highest BCUT2D eigenvalue weighted by atomic mass is 19.1. The standard InChI is InChI=1S/C30H26F3N5O/c1-17(2)25-16-38-28-26(29(39)36(3)30(38)34-25)35-27(37(28)15-20-9-11-21(31)14-24(20)33)19-10-12-23(32)22(13-19)18-7-5-4-6-8-18/h4-14,17,25H,15-16H2,1-3H3/t25-/m0/s1. The molecule has 6 nitrogen and oxygen atoms in total. The van der Waals surface area contributed by atoms with E-state index in [1.54, 1.807) is 23.7 Å². The molecular formula is C30H26F3N5O. The summed E-state index contributed by atoms with van der Waals surface area (Å²) >= 11 is 0. The fourth-order valence-electron chi connectivity index (χ4n) is 5.14. The van der Waals surface area contributed by atoms with Crippen LogP contribution < -0.4 is 4.90 Å². The summed E-state index contributed by atoms with van der Waals surface area (Å²) in [6, 6.07) is 17.1. The van der Waals surface area contributed by atoms with Crippen LogP contribution in [0.4, 0.5) is 19.0 Å². The van der Waals surface area contributed by atoms with E-state index in [-0.39, 0.29) is 35.7 Å². The molecule has 3 aromatic carbocycles. The molecule has 0 N–H and O–H groups in total. The Labute approximate surface area is 224 Å². The number of hydrogen-bond acceptors (Lipinski definition) is 4. The number of aliphatic imine (C=N–C) groups is 1. The molecule has 39 heavy (non-hydrogen) atoms. The third kappa shape index (κ3) is 4.18. The Bertz CT molecular complexity index is 1630. The van der Waals surface area contributed by atoms with Crippen LogP contribution in [0.2, 0.25) is 0 Å². The number of benzene rings is 3. The SMILES string of the molecule is CC(C)[C@@H]1CN2C(=N1)N(C)C(=O)c1nc(-c3ccc(F)c(-c4ccccc4)c3)n(Cc3ccc(F)cc3F)c12. The monoisotopic (exact) mass is 529 g/mol. The summed E-state index contributed by atoms with van der Waals surface area (Å²) in [6.45, 7) is 4.63. The van der Waals surface area contributed by atoms with Gasteiger partial charge in [0.15, 0.2) is 5.69 Å². The smallest absolute Gasteiger partial charge is 0.282 e. The first kappa shape index (κ1) is 24.9. The van der Waals surface area contributed by atoms with Gasteiger partial charge in [0.1, 0.15) is 29.1 Å². The van der Waals surface area contributed by atoms with Crippen LogP contribution in [0.25, 0.3) is 22.5 Å². The van der Waals surface area contributed by atoms with Crippen LogP contribution in [-0.4, -0.2) is 46.0 Å². The highest BCUT2D eigenvalue weighted by molar-refractivity contribution is 6.18. The van der Waals surface area contributed by atoms with Gasteiger partial charge in [-0.05, 0) is 35.7 Å². The molecule has 4 aromatic rings. The first-order valence-electron chi connectivity index (χ1n) is 12.8. The second kappa shape index (κ2) is 9.41. The van der Waals surface area contributed by atoms with E-state index in [1.165, 1.54) is 23.1 Å². The number of imidazole rings is 1. The number of guanidine groups is 1. The molecular weight excluding hydrogens is 503 g/mol. The van der Waals surface area contributed by atoms with E-state index >= 15 is 0 Å². The molecule has 3 heterocycles. The number of halogens is 3. The predicted octanol–water partition coefficient (Wildman–Crippen LogP) is 5.97. The topological polar surface area (TPSA) is 53.7 Å². The number of nitrogens with zero attached hydrogens (tertiary/aromatic N) is 5. The first-order chi connectivity index (χ1) is 18.7. The third-order valence-corrected chi connectivity index (χ3v) is 7.32. The minimum atomic E-state index is -0.706. The van der Waals surface area contributed by atoms with E-state index in [4.69, 9.17) is 9.98 Å². The number of carbonyl (C=O) groups is 1. The van der Waals surface area contributed by atoms with Crippen molar-refractivity contribution in [2.75, 3.05) is 18.5 Å². The van der Waals surface area contributed by atoms with Crippen molar-refractivity contribution in [3.63, 3.8) is 0 Å². The highest BCUT2D eigenvalue weighted by Gasteiger charge is 2.43. The number of amides is 1. The summed E-state index contributed by atoms with van der Waals surface area (Å²) in [5.41, 5.74) is 2.05. The fraction of sp³-hybridized carbons (Fsp3) is 0.233. The Morgan fingerprint density at radius 1 is 0.949 bits per heavy atom. The minimum absolute atomic E-state index is 0.0189. The number of rotatable bonds is 5. The average molecular weight is 530 g/mol. The first-order valence-corrected chi connectivity index (χ1v) is 12.8. The number of hydrogen-bond donors (Lipinski definition) is 0. The summed E-state index contributed by atoms with van der Waals surface area (Å²) in [6.07, 6.45) is 0. The van der Waals surface area contributed by atoms with Gasteiger partial charge in [-0.3, -0.25) is 14.6 Å². The number of carbonyl (C=O) groups excluding carboxylic acids is 1. The average Bonchev–Trinajstić information content (AvgIpc) is 3.52. The molecule has 6 rings (SSSR count). The molecule has 0 bridgehead atoms. The van der Waals surface area contributed by atoms with Gasteiger partial charge in [0, 0.05) is 29.8 Å². The van der Waals surface area contributed by atoms with Crippen LogP contribution >= 0.6 is 0 Å². The Morgan fingerprint density at radius 2 is 1.72 bits per heavy atom. The van der Waals surface area contributed by atoms with Gasteiger partial charge in [0.05, 0.1) is 19.1 Å². The molecule has 9 heteroatoms. The van der Waals surface area contributed by atoms with Crippen molar-refractivity contribution < 1.29 is 18.0 Å². The van der Waals surface area contributed by atoms with Crippen molar-refractivity contribution in [3.05, 3.63) is 95.4 Å². The molecule has 0 radical (unpaired) electrons. The second-order valence-electron chi connectivity index (χ2n) is 10.2. The van der Waals surface area contributed by atoms with Crippen LogP contribution in [0.5, 0.6) is 0 Å². The third-order valence-electron chi connectivity index (χ3n) is 7.32. The van der Waals surface area contributed by atoms with Gasteiger partial charge < -0.3 is 4.57 Å². The van der Waals surface area contributed by atoms with E-state index in [9.17, 15) is 18.0 Å². The van der Waals surface area contributed by atoms with Gasteiger partial charge in [0.2, 0.25) is 5.96 Å². The maximum absolute atomic E-state index is 14.9. The molecule has 0 aliphatic carbocycles. The van der Waals surface area contributed by atoms with Crippen LogP contribution in [0.3, 0.4) is 0 Å². The zero-order chi connectivity index (χ0) is 27.4. The zero-order valence-electron chi connectivity index (χ0n) is 21.7. The minimum Gasteiger partial charge on any atom is -0.305 e. The van der Waals surface area contributed by atoms with Crippen molar-refractivity contribution in [1.29, 1.82) is 0 Å². The van der Waals surface area contributed by atoms with E-state index < -0.39 is 17.5 Å². The van der Waals surface area contributed by atoms with Crippen LogP contribution in [-0.2, 0) is 6.54 Å². The van der Waals surface area contributed by atoms with E-state index in [0.29, 0.717) is 40.8 Å². The lowest BCUT2D eigenvalue weighted by Gasteiger charge is -2.32. The molecule has 1 atom stereocenters. The molecule has 1 aromatic heterocycles. The molecule has 198 valence electrons. The lowest BCUT2D eigenvalue weighted by atomic mass is 10.0. The zero-order valence-corrected chi connectivity index (χ0v) is 21.7. The summed E-state index contributed by atoms with van der Waals surface area (Å²) in [5.74, 6) is -0.533. The Balaban J connectivity index is 1.56. The van der Waals surface area contributed by atoms with Gasteiger partial charge in [-0.1, -0.05) is 50.2 Å². The number of anilines is 1. The lowest BCUT2D eigenvalue weighted by molar-refractivity contribution is 0.0860. The summed E-state index contributed by atoms with van der Waals surface area (Å²) < 4.78 is 45.3. The normalized spacial score (nSPS) is 16.5. The largest absolute Gasteiger partial charge is 0.305 e. The highest BCUT2D eigenvalue weighted by Crippen LogP contribution is 2.38. The maximum Gasteiger partial charge on any atom is 0.282 e. The summed E-state index contributed by atoms with van der Waals surface area (Å²) in [4.78, 5) is 26.5. The van der Waals surface area contributed by atoms with Crippen LogP contribution in [0.1, 0.15) is 29.9 Å². The van der Waals surface area contributed by atoms with Gasteiger partial charge >= 0.3 is 0 Å². The predicted molar refractivity (Wildman–Crippen MR) is 144 cm³/mol. The Hall–Kier alpha value is -4.40. The molecule has 2 aliphatic heterocycles. The van der Waals surface area contributed by atoms with Crippen LogP contribution in [0, 0.1) is 23.4 Å². The number of aromatic nitrogens is 2. The summed E-state index contributed by atoms with van der Waals surface area (Å²) in [7, 11) is 1.66. The van der Waals surface area contributed by atoms with Gasteiger partial charge in [-0.15, -0.1) is 0 Å². The second-order valence-corrected chi connectivity index (χ2v) is 10.2. The lowest BCUT2D eigenvalue weighted by Crippen LogP contribution is -2.49. The van der Waals surface area contributed by atoms with Crippen molar-refractivity contribution in [1.82, 2.24) is 14.5 Å². The van der Waals surface area contributed by atoms with E-state index in [0.717, 1.165) is 6.07 Å². The van der Waals surface area contributed by atoms with Gasteiger partial charge in [0.25, 0.3) is 5.91 Å². The Morgan fingerprint density at radius 3 is 2.44 bits per heavy atom. The maximum atomic E-state index is 14.9. The van der Waals surface area contributed by atoms with Crippen LogP contribution in [0.15, 0.2) is 71.7 Å². The molecule has 1 amide bonds. The molecule has 0 unspecified atom stereocenters. The molecule has 0 spiro atoms. The van der Waals surface area contributed by atoms with Crippen molar-refractivity contribution in [2.24, 2.45) is 10.9 Å². The molecule has 0 fully saturated rings.